The fourth-order valence-electron chi connectivity index (χ4n) is 4.52. The van der Waals surface area contributed by atoms with E-state index in [-0.39, 0.29) is 6.03 Å². The van der Waals surface area contributed by atoms with Gasteiger partial charge in [-0.1, -0.05) is 12.8 Å². The van der Waals surface area contributed by atoms with Crippen molar-refractivity contribution in [3.63, 3.8) is 0 Å². The van der Waals surface area contributed by atoms with Crippen LogP contribution in [-0.4, -0.2) is 47.4 Å². The monoisotopic (exact) mass is 389 g/mol. The molecule has 5 nitrogen and oxygen atoms in total. The first-order chi connectivity index (χ1) is 13.2. The van der Waals surface area contributed by atoms with Crippen molar-refractivity contribution in [2.45, 2.75) is 64.0 Å². The molecule has 1 aromatic rings. The molecule has 1 saturated heterocycles. The lowest BCUT2D eigenvalue weighted by atomic mass is 9.97. The lowest BCUT2D eigenvalue weighted by Gasteiger charge is -2.34. The molecule has 27 heavy (non-hydrogen) atoms. The molecule has 0 spiro atoms. The van der Waals surface area contributed by atoms with Gasteiger partial charge >= 0.3 is 6.03 Å². The summed E-state index contributed by atoms with van der Waals surface area (Å²) in [5.41, 5.74) is 1.22. The maximum Gasteiger partial charge on any atom is 0.317 e. The summed E-state index contributed by atoms with van der Waals surface area (Å²) in [5.74, 6) is 1.02. The fraction of sp³-hybridized carbons (Fsp3) is 0.714. The summed E-state index contributed by atoms with van der Waals surface area (Å²) >= 11 is 1.69. The van der Waals surface area contributed by atoms with Crippen LogP contribution in [0.3, 0.4) is 0 Å². The lowest BCUT2D eigenvalue weighted by molar-refractivity contribution is -0.134. The van der Waals surface area contributed by atoms with Gasteiger partial charge in [0.05, 0.1) is 0 Å². The van der Waals surface area contributed by atoms with Gasteiger partial charge in [-0.15, -0.1) is 0 Å². The summed E-state index contributed by atoms with van der Waals surface area (Å²) < 4.78 is 0. The smallest absolute Gasteiger partial charge is 0.317 e. The molecule has 1 unspecified atom stereocenters. The molecule has 0 bridgehead atoms. The van der Waals surface area contributed by atoms with Crippen molar-refractivity contribution >= 4 is 23.3 Å². The van der Waals surface area contributed by atoms with E-state index in [1.54, 1.807) is 11.3 Å². The van der Waals surface area contributed by atoms with E-state index < -0.39 is 0 Å². The standard InChI is InChI=1S/C21H31N3O2S/c25-20(18-7-8-18)23-10-3-4-16(13-23)12-22-21(26)24(19-5-1-2-6-19)14-17-9-11-27-15-17/h9,11,15-16,18-19H,1-8,10,12-14H2,(H,22,26). The molecule has 2 aliphatic carbocycles. The molecule has 1 aliphatic heterocycles. The number of urea groups is 1. The van der Waals surface area contributed by atoms with Crippen molar-refractivity contribution in [3.05, 3.63) is 22.4 Å². The van der Waals surface area contributed by atoms with E-state index in [2.05, 4.69) is 22.1 Å². The Bertz CT molecular complexity index is 638. The van der Waals surface area contributed by atoms with Crippen LogP contribution in [0.25, 0.3) is 0 Å². The number of thiophene rings is 1. The van der Waals surface area contributed by atoms with E-state index in [1.807, 2.05) is 9.80 Å². The molecular formula is C21H31N3O2S. The van der Waals surface area contributed by atoms with Crippen molar-refractivity contribution in [2.24, 2.45) is 11.8 Å². The highest BCUT2D eigenvalue weighted by Crippen LogP contribution is 2.32. The molecule has 3 amide bonds. The summed E-state index contributed by atoms with van der Waals surface area (Å²) in [6.07, 6.45) is 8.96. The van der Waals surface area contributed by atoms with E-state index in [9.17, 15) is 9.59 Å². The summed E-state index contributed by atoms with van der Waals surface area (Å²) in [7, 11) is 0. The highest BCUT2D eigenvalue weighted by atomic mass is 32.1. The van der Waals surface area contributed by atoms with E-state index in [0.29, 0.717) is 36.9 Å². The Hall–Kier alpha value is -1.56. The summed E-state index contributed by atoms with van der Waals surface area (Å²) in [6.45, 7) is 3.09. The summed E-state index contributed by atoms with van der Waals surface area (Å²) in [4.78, 5) is 29.4. The maximum absolute atomic E-state index is 13.0. The minimum atomic E-state index is 0.0683. The van der Waals surface area contributed by atoms with Crippen LogP contribution in [0, 0.1) is 11.8 Å². The Kier molecular flexibility index (Phi) is 6.01. The van der Waals surface area contributed by atoms with Crippen molar-refractivity contribution < 1.29 is 9.59 Å². The average molecular weight is 390 g/mol. The number of rotatable bonds is 6. The van der Waals surface area contributed by atoms with Crippen LogP contribution in [0.5, 0.6) is 0 Å². The number of nitrogens with one attached hydrogen (secondary N) is 1. The largest absolute Gasteiger partial charge is 0.342 e. The molecule has 3 aliphatic rings. The molecule has 1 atom stereocenters. The van der Waals surface area contributed by atoms with Crippen LogP contribution in [0.2, 0.25) is 0 Å². The third-order valence-corrected chi connectivity index (χ3v) is 6.99. The topological polar surface area (TPSA) is 52.7 Å². The zero-order valence-electron chi connectivity index (χ0n) is 16.1. The van der Waals surface area contributed by atoms with Gasteiger partial charge in [0.25, 0.3) is 0 Å². The molecular weight excluding hydrogens is 358 g/mol. The van der Waals surface area contributed by atoms with E-state index in [0.717, 1.165) is 51.6 Å². The van der Waals surface area contributed by atoms with Crippen LogP contribution >= 0.6 is 11.3 Å². The maximum atomic E-state index is 13.0. The summed E-state index contributed by atoms with van der Waals surface area (Å²) in [5, 5.41) is 7.41. The van der Waals surface area contributed by atoms with Crippen LogP contribution in [0.4, 0.5) is 4.79 Å². The van der Waals surface area contributed by atoms with Crippen molar-refractivity contribution in [2.75, 3.05) is 19.6 Å². The average Bonchev–Trinajstić information content (AvgIpc) is 3.16. The van der Waals surface area contributed by atoms with Gasteiger partial charge in [-0.3, -0.25) is 4.79 Å². The SMILES string of the molecule is O=C(C1CC1)N1CCCC(CNC(=O)N(Cc2ccsc2)C2CCCC2)C1. The summed E-state index contributed by atoms with van der Waals surface area (Å²) in [6, 6.07) is 2.55. The van der Waals surface area contributed by atoms with Crippen LogP contribution in [-0.2, 0) is 11.3 Å². The molecule has 2 heterocycles. The van der Waals surface area contributed by atoms with Gasteiger partial charge in [0.1, 0.15) is 0 Å². The second-order valence-electron chi connectivity index (χ2n) is 8.45. The number of hydrogen-bond donors (Lipinski definition) is 1. The van der Waals surface area contributed by atoms with Gasteiger partial charge in [0.15, 0.2) is 0 Å². The van der Waals surface area contributed by atoms with Crippen molar-refractivity contribution in [3.8, 4) is 0 Å². The van der Waals surface area contributed by atoms with Gasteiger partial charge in [-0.2, -0.15) is 11.3 Å². The Morgan fingerprint density at radius 1 is 1.15 bits per heavy atom. The first-order valence-corrected chi connectivity index (χ1v) is 11.5. The van der Waals surface area contributed by atoms with E-state index in [1.165, 1.54) is 18.4 Å². The number of hydrogen-bond acceptors (Lipinski definition) is 3. The zero-order chi connectivity index (χ0) is 18.6. The Morgan fingerprint density at radius 2 is 1.96 bits per heavy atom. The van der Waals surface area contributed by atoms with Gasteiger partial charge < -0.3 is 15.1 Å². The molecule has 0 radical (unpaired) electrons. The Balaban J connectivity index is 1.31. The Morgan fingerprint density at radius 3 is 2.67 bits per heavy atom. The van der Waals surface area contributed by atoms with Crippen LogP contribution in [0.15, 0.2) is 16.8 Å². The van der Waals surface area contributed by atoms with Crippen molar-refractivity contribution in [1.29, 1.82) is 0 Å². The zero-order valence-corrected chi connectivity index (χ0v) is 16.9. The first kappa shape index (κ1) is 18.8. The number of likely N-dealkylation sites (tertiary alicyclic amines) is 1. The highest BCUT2D eigenvalue weighted by Gasteiger charge is 2.35. The molecule has 6 heteroatoms. The van der Waals surface area contributed by atoms with Gasteiger partial charge in [-0.25, -0.2) is 4.79 Å². The lowest BCUT2D eigenvalue weighted by Crippen LogP contribution is -2.48. The van der Waals surface area contributed by atoms with Crippen LogP contribution < -0.4 is 5.32 Å². The third kappa shape index (κ3) is 4.84. The molecule has 1 N–H and O–H groups in total. The quantitative estimate of drug-likeness (QED) is 0.803. The third-order valence-electron chi connectivity index (χ3n) is 6.26. The van der Waals surface area contributed by atoms with E-state index >= 15 is 0 Å². The van der Waals surface area contributed by atoms with Gasteiger partial charge in [0, 0.05) is 38.1 Å². The fourth-order valence-corrected chi connectivity index (χ4v) is 5.18. The highest BCUT2D eigenvalue weighted by molar-refractivity contribution is 7.07. The molecule has 0 aromatic carbocycles. The second-order valence-corrected chi connectivity index (χ2v) is 9.23. The van der Waals surface area contributed by atoms with Gasteiger partial charge in [-0.05, 0) is 66.8 Å². The number of nitrogens with zero attached hydrogens (tertiary/aromatic N) is 2. The predicted molar refractivity (Wildman–Crippen MR) is 108 cm³/mol. The molecule has 3 fully saturated rings. The number of carbonyl (C=O) groups excluding carboxylic acids is 2. The van der Waals surface area contributed by atoms with Gasteiger partial charge in [0.2, 0.25) is 5.91 Å². The molecule has 4 rings (SSSR count). The molecule has 2 saturated carbocycles. The number of amides is 3. The normalized spacial score (nSPS) is 23.4. The minimum absolute atomic E-state index is 0.0683. The van der Waals surface area contributed by atoms with Crippen molar-refractivity contribution in [1.82, 2.24) is 15.1 Å². The number of piperidine rings is 1. The second kappa shape index (κ2) is 8.63. The first-order valence-electron chi connectivity index (χ1n) is 10.5. The molecule has 148 valence electrons. The molecule has 1 aromatic heterocycles. The Labute approximate surface area is 166 Å². The minimum Gasteiger partial charge on any atom is -0.342 e. The number of carbonyl (C=O) groups is 2. The van der Waals surface area contributed by atoms with E-state index in [4.69, 9.17) is 0 Å². The van der Waals surface area contributed by atoms with Crippen LogP contribution in [0.1, 0.15) is 56.9 Å². The predicted octanol–water partition coefficient (Wildman–Crippen LogP) is 3.85.